The van der Waals surface area contributed by atoms with Crippen molar-refractivity contribution in [2.24, 2.45) is 0 Å². The standard InChI is InChI=1S/C25H22N4O4/c1-17(26-24(31)18-8-4-2-5-9-18)23(30)27-20-12-14-21(15-13-20)32-16-22-28-29-25(33-22)19-10-6-3-7-11-19/h2-15,17H,16H2,1H3,(H,26,31)(H,27,30). The highest BCUT2D eigenvalue weighted by molar-refractivity contribution is 6.00. The number of ether oxygens (including phenoxy) is 1. The molecule has 0 spiro atoms. The number of carbonyl (C=O) groups excluding carboxylic acids is 2. The van der Waals surface area contributed by atoms with Gasteiger partial charge in [0.15, 0.2) is 6.61 Å². The summed E-state index contributed by atoms with van der Waals surface area (Å²) in [4.78, 5) is 24.6. The van der Waals surface area contributed by atoms with E-state index >= 15 is 0 Å². The van der Waals surface area contributed by atoms with Crippen molar-refractivity contribution >= 4 is 17.5 Å². The van der Waals surface area contributed by atoms with E-state index in [1.54, 1.807) is 55.5 Å². The molecule has 4 rings (SSSR count). The molecule has 0 aliphatic heterocycles. The minimum Gasteiger partial charge on any atom is -0.484 e. The molecule has 1 heterocycles. The number of amides is 2. The third-order valence-corrected chi connectivity index (χ3v) is 4.75. The van der Waals surface area contributed by atoms with Crippen LogP contribution in [0.2, 0.25) is 0 Å². The van der Waals surface area contributed by atoms with Gasteiger partial charge < -0.3 is 19.8 Å². The zero-order chi connectivity index (χ0) is 23.0. The molecule has 1 atom stereocenters. The van der Waals surface area contributed by atoms with Crippen molar-refractivity contribution in [2.75, 3.05) is 5.32 Å². The summed E-state index contributed by atoms with van der Waals surface area (Å²) in [6, 6.07) is 24.4. The van der Waals surface area contributed by atoms with E-state index < -0.39 is 6.04 Å². The average Bonchev–Trinajstić information content (AvgIpc) is 3.34. The molecule has 166 valence electrons. The zero-order valence-corrected chi connectivity index (χ0v) is 17.9. The highest BCUT2D eigenvalue weighted by Crippen LogP contribution is 2.20. The summed E-state index contributed by atoms with van der Waals surface area (Å²) in [5.41, 5.74) is 1.92. The van der Waals surface area contributed by atoms with Crippen molar-refractivity contribution < 1.29 is 18.7 Å². The van der Waals surface area contributed by atoms with Crippen LogP contribution in [0.15, 0.2) is 89.3 Å². The predicted molar refractivity (Wildman–Crippen MR) is 123 cm³/mol. The van der Waals surface area contributed by atoms with Gasteiger partial charge in [-0.1, -0.05) is 36.4 Å². The molecular weight excluding hydrogens is 420 g/mol. The summed E-state index contributed by atoms with van der Waals surface area (Å²) in [6.45, 7) is 1.75. The quantitative estimate of drug-likeness (QED) is 0.426. The van der Waals surface area contributed by atoms with E-state index in [4.69, 9.17) is 9.15 Å². The topological polar surface area (TPSA) is 106 Å². The van der Waals surface area contributed by atoms with Crippen LogP contribution in [-0.4, -0.2) is 28.1 Å². The summed E-state index contributed by atoms with van der Waals surface area (Å²) < 4.78 is 11.3. The number of nitrogens with one attached hydrogen (secondary N) is 2. The lowest BCUT2D eigenvalue weighted by atomic mass is 10.2. The SMILES string of the molecule is CC(NC(=O)c1ccccc1)C(=O)Nc1ccc(OCc2nnc(-c3ccccc3)o2)cc1. The van der Waals surface area contributed by atoms with Crippen molar-refractivity contribution in [3.05, 3.63) is 96.4 Å². The van der Waals surface area contributed by atoms with Crippen LogP contribution in [0, 0.1) is 0 Å². The number of anilines is 1. The molecule has 2 amide bonds. The molecule has 0 saturated carbocycles. The van der Waals surface area contributed by atoms with E-state index in [0.29, 0.717) is 28.8 Å². The van der Waals surface area contributed by atoms with E-state index in [0.717, 1.165) is 5.56 Å². The lowest BCUT2D eigenvalue weighted by molar-refractivity contribution is -0.117. The zero-order valence-electron chi connectivity index (χ0n) is 17.9. The first-order valence-corrected chi connectivity index (χ1v) is 10.4. The molecule has 1 unspecified atom stereocenters. The lowest BCUT2D eigenvalue weighted by Crippen LogP contribution is -2.41. The third kappa shape index (κ3) is 5.82. The summed E-state index contributed by atoms with van der Waals surface area (Å²) in [5, 5.41) is 13.5. The van der Waals surface area contributed by atoms with Crippen LogP contribution in [0.5, 0.6) is 5.75 Å². The Morgan fingerprint density at radius 2 is 1.58 bits per heavy atom. The van der Waals surface area contributed by atoms with Crippen molar-refractivity contribution in [1.29, 1.82) is 0 Å². The Balaban J connectivity index is 1.27. The molecule has 0 bridgehead atoms. The number of benzene rings is 3. The summed E-state index contributed by atoms with van der Waals surface area (Å²) in [6.07, 6.45) is 0. The average molecular weight is 442 g/mol. The molecule has 8 heteroatoms. The number of nitrogens with zero attached hydrogens (tertiary/aromatic N) is 2. The van der Waals surface area contributed by atoms with E-state index in [9.17, 15) is 9.59 Å². The molecule has 3 aromatic carbocycles. The molecule has 0 aliphatic carbocycles. The molecular formula is C25H22N4O4. The van der Waals surface area contributed by atoms with Crippen LogP contribution < -0.4 is 15.4 Å². The van der Waals surface area contributed by atoms with Crippen molar-refractivity contribution in [3.8, 4) is 17.2 Å². The van der Waals surface area contributed by atoms with Gasteiger partial charge in [0.1, 0.15) is 11.8 Å². The van der Waals surface area contributed by atoms with Gasteiger partial charge in [-0.2, -0.15) is 0 Å². The Morgan fingerprint density at radius 1 is 0.909 bits per heavy atom. The molecule has 33 heavy (non-hydrogen) atoms. The summed E-state index contributed by atoms with van der Waals surface area (Å²) >= 11 is 0. The fourth-order valence-corrected chi connectivity index (χ4v) is 2.97. The molecule has 0 radical (unpaired) electrons. The van der Waals surface area contributed by atoms with Gasteiger partial charge in [0.05, 0.1) is 0 Å². The maximum atomic E-state index is 12.4. The van der Waals surface area contributed by atoms with Crippen LogP contribution in [0.4, 0.5) is 5.69 Å². The molecule has 4 aromatic rings. The lowest BCUT2D eigenvalue weighted by Gasteiger charge is -2.14. The van der Waals surface area contributed by atoms with Crippen LogP contribution in [0.1, 0.15) is 23.2 Å². The fraction of sp³-hybridized carbons (Fsp3) is 0.120. The first-order chi connectivity index (χ1) is 16.1. The van der Waals surface area contributed by atoms with Crippen LogP contribution in [0.25, 0.3) is 11.5 Å². The third-order valence-electron chi connectivity index (χ3n) is 4.75. The second kappa shape index (κ2) is 10.2. The molecule has 0 aliphatic rings. The number of aromatic nitrogens is 2. The minimum atomic E-state index is -0.704. The number of hydrogen-bond donors (Lipinski definition) is 2. The van der Waals surface area contributed by atoms with Gasteiger partial charge >= 0.3 is 0 Å². The summed E-state index contributed by atoms with van der Waals surface area (Å²) in [5.74, 6) is 0.735. The Bertz CT molecular complexity index is 1210. The smallest absolute Gasteiger partial charge is 0.254 e. The van der Waals surface area contributed by atoms with Gasteiger partial charge in [-0.15, -0.1) is 10.2 Å². The molecule has 0 fully saturated rings. The second-order valence-corrected chi connectivity index (χ2v) is 7.23. The van der Waals surface area contributed by atoms with E-state index in [1.165, 1.54) is 0 Å². The number of rotatable bonds is 8. The largest absolute Gasteiger partial charge is 0.484 e. The molecule has 1 aromatic heterocycles. The maximum Gasteiger partial charge on any atom is 0.254 e. The Labute approximate surface area is 190 Å². The van der Waals surface area contributed by atoms with Gasteiger partial charge in [-0.25, -0.2) is 0 Å². The first-order valence-electron chi connectivity index (χ1n) is 10.4. The maximum absolute atomic E-state index is 12.4. The van der Waals surface area contributed by atoms with Crippen molar-refractivity contribution in [3.63, 3.8) is 0 Å². The monoisotopic (exact) mass is 442 g/mol. The Morgan fingerprint density at radius 3 is 2.27 bits per heavy atom. The first kappa shape index (κ1) is 21.8. The van der Waals surface area contributed by atoms with Crippen LogP contribution >= 0.6 is 0 Å². The molecule has 0 saturated heterocycles. The van der Waals surface area contributed by atoms with E-state index in [-0.39, 0.29) is 18.4 Å². The van der Waals surface area contributed by atoms with Gasteiger partial charge in [0.2, 0.25) is 11.8 Å². The normalized spacial score (nSPS) is 11.4. The van der Waals surface area contributed by atoms with Gasteiger partial charge in [0, 0.05) is 16.8 Å². The van der Waals surface area contributed by atoms with E-state index in [2.05, 4.69) is 20.8 Å². The molecule has 8 nitrogen and oxygen atoms in total. The van der Waals surface area contributed by atoms with E-state index in [1.807, 2.05) is 36.4 Å². The van der Waals surface area contributed by atoms with Gasteiger partial charge in [0.25, 0.3) is 11.8 Å². The summed E-state index contributed by atoms with van der Waals surface area (Å²) in [7, 11) is 0. The highest BCUT2D eigenvalue weighted by atomic mass is 16.5. The predicted octanol–water partition coefficient (Wildman–Crippen LogP) is 4.07. The van der Waals surface area contributed by atoms with Crippen molar-refractivity contribution in [2.45, 2.75) is 19.6 Å². The van der Waals surface area contributed by atoms with Gasteiger partial charge in [-0.05, 0) is 55.5 Å². The molecule has 2 N–H and O–H groups in total. The van der Waals surface area contributed by atoms with Crippen LogP contribution in [-0.2, 0) is 11.4 Å². The van der Waals surface area contributed by atoms with Crippen molar-refractivity contribution in [1.82, 2.24) is 15.5 Å². The minimum absolute atomic E-state index is 0.119. The Kier molecular flexibility index (Phi) is 6.75. The van der Waals surface area contributed by atoms with Gasteiger partial charge in [-0.3, -0.25) is 9.59 Å². The fourth-order valence-electron chi connectivity index (χ4n) is 2.97. The highest BCUT2D eigenvalue weighted by Gasteiger charge is 2.16. The number of carbonyl (C=O) groups is 2. The second-order valence-electron chi connectivity index (χ2n) is 7.23. The number of hydrogen-bond acceptors (Lipinski definition) is 6. The van der Waals surface area contributed by atoms with Crippen LogP contribution in [0.3, 0.4) is 0 Å². The Hall–Kier alpha value is -4.46.